The third-order valence-electron chi connectivity index (χ3n) is 4.42. The maximum atomic E-state index is 12.3. The topological polar surface area (TPSA) is 58.6 Å². The van der Waals surface area contributed by atoms with E-state index in [0.717, 1.165) is 0 Å². The van der Waals surface area contributed by atoms with Crippen LogP contribution >= 0.6 is 0 Å². The highest BCUT2D eigenvalue weighted by Crippen LogP contribution is 2.25. The smallest absolute Gasteiger partial charge is 0.380 e. The highest BCUT2D eigenvalue weighted by atomic mass is 32.2. The number of nitrogens with one attached hydrogen (secondary N) is 1. The first-order valence-electron chi connectivity index (χ1n) is 7.55. The van der Waals surface area contributed by atoms with Gasteiger partial charge in [0.15, 0.2) is 0 Å². The minimum Gasteiger partial charge on any atom is -0.380 e. The minimum atomic E-state index is -4.18. The summed E-state index contributed by atoms with van der Waals surface area (Å²) in [6.07, 6.45) is -2.55. The second-order valence-electron chi connectivity index (χ2n) is 6.17. The molecule has 0 spiro atoms. The van der Waals surface area contributed by atoms with E-state index in [1.165, 1.54) is 4.90 Å². The van der Waals surface area contributed by atoms with Gasteiger partial charge in [-0.05, 0) is 45.2 Å². The van der Waals surface area contributed by atoms with Gasteiger partial charge in [-0.15, -0.1) is 0 Å². The Kier molecular flexibility index (Phi) is 5.73. The summed E-state index contributed by atoms with van der Waals surface area (Å²) in [4.78, 5) is 1.38. The Morgan fingerprint density at radius 1 is 1.27 bits per heavy atom. The molecule has 2 rings (SSSR count). The van der Waals surface area contributed by atoms with Crippen molar-refractivity contribution in [3.63, 3.8) is 0 Å². The molecule has 0 aromatic rings. The number of alkyl halides is 3. The molecule has 2 unspecified atom stereocenters. The molecule has 22 heavy (non-hydrogen) atoms. The van der Waals surface area contributed by atoms with Crippen molar-refractivity contribution >= 4 is 10.0 Å². The average molecular weight is 344 g/mol. The molecule has 2 aliphatic rings. The van der Waals surface area contributed by atoms with Gasteiger partial charge in [0.05, 0.1) is 13.2 Å². The molecule has 130 valence electrons. The van der Waals surface area contributed by atoms with Crippen molar-refractivity contribution in [3.05, 3.63) is 0 Å². The lowest BCUT2D eigenvalue weighted by molar-refractivity contribution is -0.148. The van der Waals surface area contributed by atoms with Gasteiger partial charge in [-0.3, -0.25) is 4.90 Å². The Morgan fingerprint density at radius 3 is 2.41 bits per heavy atom. The van der Waals surface area contributed by atoms with Gasteiger partial charge in [-0.1, -0.05) is 0 Å². The first kappa shape index (κ1) is 18.0. The van der Waals surface area contributed by atoms with Crippen LogP contribution in [0.4, 0.5) is 13.2 Å². The molecular weight excluding hydrogens is 321 g/mol. The van der Waals surface area contributed by atoms with E-state index in [1.807, 2.05) is 0 Å². The number of hydrogen-bond acceptors (Lipinski definition) is 4. The van der Waals surface area contributed by atoms with Crippen LogP contribution in [-0.4, -0.2) is 63.6 Å². The molecule has 0 aliphatic carbocycles. The molecular formula is C13H23F3N2O3S. The minimum absolute atomic E-state index is 0.0709. The standard InChI is InChI=1S/C13H23F3N2O3S/c1-10(17-22(19,20)12-4-7-21-8-12)11-2-5-18(6-3-11)9-13(14,15)16/h10-12,17H,2-9H2,1H3. The van der Waals surface area contributed by atoms with Crippen LogP contribution in [-0.2, 0) is 14.8 Å². The van der Waals surface area contributed by atoms with Crippen molar-refractivity contribution in [2.45, 2.75) is 43.7 Å². The normalized spacial score (nSPS) is 27.2. The molecule has 2 atom stereocenters. The second kappa shape index (κ2) is 7.02. The zero-order chi connectivity index (χ0) is 16.4. The van der Waals surface area contributed by atoms with Crippen LogP contribution in [0, 0.1) is 5.92 Å². The quantitative estimate of drug-likeness (QED) is 0.818. The van der Waals surface area contributed by atoms with Crippen LogP contribution in [0.25, 0.3) is 0 Å². The Hall–Kier alpha value is -0.380. The van der Waals surface area contributed by atoms with Crippen molar-refractivity contribution in [1.82, 2.24) is 9.62 Å². The van der Waals surface area contributed by atoms with Crippen molar-refractivity contribution in [2.75, 3.05) is 32.8 Å². The number of hydrogen-bond donors (Lipinski definition) is 1. The lowest BCUT2D eigenvalue weighted by Gasteiger charge is -2.35. The van der Waals surface area contributed by atoms with Crippen LogP contribution < -0.4 is 4.72 Å². The molecule has 1 N–H and O–H groups in total. The molecule has 2 fully saturated rings. The van der Waals surface area contributed by atoms with E-state index in [4.69, 9.17) is 4.74 Å². The lowest BCUT2D eigenvalue weighted by Crippen LogP contribution is -2.47. The molecule has 0 amide bonds. The van der Waals surface area contributed by atoms with Gasteiger partial charge in [0, 0.05) is 12.6 Å². The SMILES string of the molecule is CC(NS(=O)(=O)C1CCOC1)C1CCN(CC(F)(F)F)CC1. The highest BCUT2D eigenvalue weighted by molar-refractivity contribution is 7.90. The maximum absolute atomic E-state index is 12.3. The van der Waals surface area contributed by atoms with E-state index in [2.05, 4.69) is 4.72 Å². The number of rotatable bonds is 5. The van der Waals surface area contributed by atoms with Gasteiger partial charge < -0.3 is 4.74 Å². The number of halogens is 3. The Morgan fingerprint density at radius 2 is 1.91 bits per heavy atom. The second-order valence-corrected chi connectivity index (χ2v) is 8.16. The summed E-state index contributed by atoms with van der Waals surface area (Å²) < 4.78 is 69.2. The molecule has 5 nitrogen and oxygen atoms in total. The first-order chi connectivity index (χ1) is 10.2. The first-order valence-corrected chi connectivity index (χ1v) is 9.10. The van der Waals surface area contributed by atoms with Gasteiger partial charge in [-0.25, -0.2) is 13.1 Å². The highest BCUT2D eigenvalue weighted by Gasteiger charge is 2.35. The molecule has 0 radical (unpaired) electrons. The van der Waals surface area contributed by atoms with Gasteiger partial charge in [0.25, 0.3) is 0 Å². The Balaban J connectivity index is 1.81. The van der Waals surface area contributed by atoms with Gasteiger partial charge >= 0.3 is 6.18 Å². The fraction of sp³-hybridized carbons (Fsp3) is 1.00. The summed E-state index contributed by atoms with van der Waals surface area (Å²) in [5.74, 6) is 0.0709. The summed E-state index contributed by atoms with van der Waals surface area (Å²) in [6.45, 7) is 2.27. The van der Waals surface area contributed by atoms with Gasteiger partial charge in [0.1, 0.15) is 5.25 Å². The van der Waals surface area contributed by atoms with Crippen molar-refractivity contribution in [3.8, 4) is 0 Å². The average Bonchev–Trinajstić information content (AvgIpc) is 2.91. The fourth-order valence-electron chi connectivity index (χ4n) is 3.07. The van der Waals surface area contributed by atoms with E-state index < -0.39 is 28.0 Å². The number of ether oxygens (including phenoxy) is 1. The van der Waals surface area contributed by atoms with Crippen LogP contribution in [0.15, 0.2) is 0 Å². The van der Waals surface area contributed by atoms with E-state index in [9.17, 15) is 21.6 Å². The summed E-state index contributed by atoms with van der Waals surface area (Å²) >= 11 is 0. The van der Waals surface area contributed by atoms with Crippen LogP contribution in [0.5, 0.6) is 0 Å². The molecule has 0 aromatic carbocycles. The van der Waals surface area contributed by atoms with Crippen molar-refractivity contribution in [1.29, 1.82) is 0 Å². The molecule has 2 aliphatic heterocycles. The molecule has 9 heteroatoms. The maximum Gasteiger partial charge on any atom is 0.401 e. The number of likely N-dealkylation sites (tertiary alicyclic amines) is 1. The van der Waals surface area contributed by atoms with E-state index in [-0.39, 0.29) is 18.6 Å². The van der Waals surface area contributed by atoms with Gasteiger partial charge in [0.2, 0.25) is 10.0 Å². The van der Waals surface area contributed by atoms with Gasteiger partial charge in [-0.2, -0.15) is 13.2 Å². The predicted molar refractivity (Wildman–Crippen MR) is 76.0 cm³/mol. The summed E-state index contributed by atoms with van der Waals surface area (Å²) in [7, 11) is -3.42. The molecule has 2 heterocycles. The zero-order valence-electron chi connectivity index (χ0n) is 12.6. The van der Waals surface area contributed by atoms with Crippen molar-refractivity contribution < 1.29 is 26.3 Å². The van der Waals surface area contributed by atoms with E-state index in [1.54, 1.807) is 6.92 Å². The molecule has 0 aromatic heterocycles. The summed E-state index contributed by atoms with van der Waals surface area (Å²) in [6, 6.07) is -0.265. The zero-order valence-corrected chi connectivity index (χ0v) is 13.4. The Labute approximate surface area is 129 Å². The molecule has 0 bridgehead atoms. The largest absolute Gasteiger partial charge is 0.401 e. The van der Waals surface area contributed by atoms with Crippen LogP contribution in [0.3, 0.4) is 0 Å². The Bertz CT molecular complexity index is 456. The summed E-state index contributed by atoms with van der Waals surface area (Å²) in [5.41, 5.74) is 0. The van der Waals surface area contributed by atoms with E-state index >= 15 is 0 Å². The van der Waals surface area contributed by atoms with E-state index in [0.29, 0.717) is 39.0 Å². The molecule has 2 saturated heterocycles. The predicted octanol–water partition coefficient (Wildman–Crippen LogP) is 1.36. The third-order valence-corrected chi connectivity index (χ3v) is 6.37. The molecule has 0 saturated carbocycles. The number of nitrogens with zero attached hydrogens (tertiary/aromatic N) is 1. The van der Waals surface area contributed by atoms with Crippen LogP contribution in [0.2, 0.25) is 0 Å². The number of piperidine rings is 1. The summed E-state index contributed by atoms with van der Waals surface area (Å²) in [5, 5.41) is -0.514. The third kappa shape index (κ3) is 5.07. The lowest BCUT2D eigenvalue weighted by atomic mass is 9.91. The number of sulfonamides is 1. The fourth-order valence-corrected chi connectivity index (χ4v) is 4.66. The monoisotopic (exact) mass is 344 g/mol. The van der Waals surface area contributed by atoms with Crippen molar-refractivity contribution in [2.24, 2.45) is 5.92 Å². The van der Waals surface area contributed by atoms with Crippen LogP contribution in [0.1, 0.15) is 26.2 Å².